The molecule has 9 heteroatoms. The van der Waals surface area contributed by atoms with E-state index in [1.54, 1.807) is 36.5 Å². The van der Waals surface area contributed by atoms with Crippen molar-refractivity contribution in [3.05, 3.63) is 99.0 Å². The zero-order valence-electron chi connectivity index (χ0n) is 17.8. The summed E-state index contributed by atoms with van der Waals surface area (Å²) in [4.78, 5) is 15.9. The Morgan fingerprint density at radius 1 is 1.21 bits per heavy atom. The van der Waals surface area contributed by atoms with Gasteiger partial charge in [-0.2, -0.15) is 0 Å². The molecular weight excluding hydrogens is 484 g/mol. The zero-order chi connectivity index (χ0) is 23.8. The van der Waals surface area contributed by atoms with Crippen LogP contribution in [0.15, 0.2) is 60.9 Å². The number of nitrogens with zero attached hydrogens (tertiary/aromatic N) is 1. The standard InChI is InChI=1S/C24H22Cl2FN3O2S/c1-15-7-8-18(27)12-17(15)13-21(19-5-2-6-20(25)22(19)26)30-24(33)29-10-11-32-23(31)16-4-3-9-28-14-16/h2-9,12,14,21H,10-11,13H2,1H3,(H2,29,30,33). The highest BCUT2D eigenvalue weighted by molar-refractivity contribution is 7.80. The number of aryl methyl sites for hydroxylation is 1. The van der Waals surface area contributed by atoms with Crippen LogP contribution in [-0.4, -0.2) is 29.2 Å². The van der Waals surface area contributed by atoms with Crippen molar-refractivity contribution in [2.24, 2.45) is 0 Å². The van der Waals surface area contributed by atoms with Crippen molar-refractivity contribution < 1.29 is 13.9 Å². The lowest BCUT2D eigenvalue weighted by Crippen LogP contribution is -2.40. The number of halogens is 3. The van der Waals surface area contributed by atoms with Crippen molar-refractivity contribution in [1.82, 2.24) is 15.6 Å². The van der Waals surface area contributed by atoms with Crippen molar-refractivity contribution in [2.75, 3.05) is 13.2 Å². The van der Waals surface area contributed by atoms with Gasteiger partial charge < -0.3 is 15.4 Å². The molecule has 1 heterocycles. The van der Waals surface area contributed by atoms with E-state index in [0.717, 1.165) is 16.7 Å². The average Bonchev–Trinajstić information content (AvgIpc) is 2.81. The molecule has 0 radical (unpaired) electrons. The van der Waals surface area contributed by atoms with Gasteiger partial charge in [-0.05, 0) is 72.6 Å². The second-order valence-electron chi connectivity index (χ2n) is 7.25. The lowest BCUT2D eigenvalue weighted by molar-refractivity contribution is 0.0512. The lowest BCUT2D eigenvalue weighted by atomic mass is 9.96. The summed E-state index contributed by atoms with van der Waals surface area (Å²) in [5.41, 5.74) is 2.87. The first-order valence-electron chi connectivity index (χ1n) is 10.2. The van der Waals surface area contributed by atoms with Crippen LogP contribution >= 0.6 is 35.4 Å². The monoisotopic (exact) mass is 505 g/mol. The number of benzene rings is 2. The number of thiocarbonyl (C=S) groups is 1. The Balaban J connectivity index is 1.64. The van der Waals surface area contributed by atoms with Gasteiger partial charge in [-0.25, -0.2) is 9.18 Å². The van der Waals surface area contributed by atoms with Crippen LogP contribution in [0.4, 0.5) is 4.39 Å². The summed E-state index contributed by atoms with van der Waals surface area (Å²) in [6.07, 6.45) is 3.45. The molecule has 0 amide bonds. The second-order valence-corrected chi connectivity index (χ2v) is 8.44. The number of carbonyl (C=O) groups is 1. The smallest absolute Gasteiger partial charge is 0.339 e. The SMILES string of the molecule is Cc1ccc(F)cc1CC(NC(=S)NCCOC(=O)c1cccnc1)c1cccc(Cl)c1Cl. The maximum atomic E-state index is 13.8. The van der Waals surface area contributed by atoms with E-state index in [4.69, 9.17) is 40.2 Å². The molecule has 0 aliphatic heterocycles. The molecule has 2 N–H and O–H groups in total. The number of nitrogens with one attached hydrogen (secondary N) is 2. The van der Waals surface area contributed by atoms with Crippen LogP contribution in [0.2, 0.25) is 10.0 Å². The summed E-state index contributed by atoms with van der Waals surface area (Å²) in [5, 5.41) is 7.39. The molecule has 3 aromatic rings. The number of pyridine rings is 1. The minimum atomic E-state index is -0.464. The summed E-state index contributed by atoms with van der Waals surface area (Å²) in [5.74, 6) is -0.781. The third kappa shape index (κ3) is 7.12. The van der Waals surface area contributed by atoms with Gasteiger partial charge in [-0.1, -0.05) is 41.4 Å². The highest BCUT2D eigenvalue weighted by Crippen LogP contribution is 2.32. The van der Waals surface area contributed by atoms with E-state index in [2.05, 4.69) is 15.6 Å². The van der Waals surface area contributed by atoms with E-state index in [-0.39, 0.29) is 18.5 Å². The Labute approximate surface area is 207 Å². The predicted molar refractivity (Wildman–Crippen MR) is 132 cm³/mol. The highest BCUT2D eigenvalue weighted by atomic mass is 35.5. The van der Waals surface area contributed by atoms with Crippen molar-refractivity contribution >= 4 is 46.5 Å². The first-order chi connectivity index (χ1) is 15.8. The quantitative estimate of drug-likeness (QED) is 0.241. The van der Waals surface area contributed by atoms with Gasteiger partial charge in [0.05, 0.1) is 28.2 Å². The lowest BCUT2D eigenvalue weighted by Gasteiger charge is -2.23. The zero-order valence-corrected chi connectivity index (χ0v) is 20.1. The molecule has 0 saturated heterocycles. The number of rotatable bonds is 8. The van der Waals surface area contributed by atoms with Gasteiger partial charge in [-0.3, -0.25) is 4.98 Å². The Hall–Kier alpha value is -2.74. The van der Waals surface area contributed by atoms with Gasteiger partial charge in [0.1, 0.15) is 12.4 Å². The van der Waals surface area contributed by atoms with Crippen LogP contribution in [0.5, 0.6) is 0 Å². The normalized spacial score (nSPS) is 11.5. The van der Waals surface area contributed by atoms with Crippen LogP contribution < -0.4 is 10.6 Å². The van der Waals surface area contributed by atoms with Gasteiger partial charge >= 0.3 is 5.97 Å². The van der Waals surface area contributed by atoms with Gasteiger partial charge in [0.2, 0.25) is 0 Å². The maximum absolute atomic E-state index is 13.8. The first-order valence-corrected chi connectivity index (χ1v) is 11.3. The maximum Gasteiger partial charge on any atom is 0.339 e. The van der Waals surface area contributed by atoms with Gasteiger partial charge in [0.25, 0.3) is 0 Å². The first kappa shape index (κ1) is 24.9. The van der Waals surface area contributed by atoms with Crippen molar-refractivity contribution in [1.29, 1.82) is 0 Å². The molecule has 1 aromatic heterocycles. The summed E-state index contributed by atoms with van der Waals surface area (Å²) < 4.78 is 19.1. The van der Waals surface area contributed by atoms with Crippen LogP contribution in [-0.2, 0) is 11.2 Å². The number of esters is 1. The second kappa shape index (κ2) is 11.9. The Morgan fingerprint density at radius 3 is 2.79 bits per heavy atom. The van der Waals surface area contributed by atoms with Crippen LogP contribution in [0.1, 0.15) is 33.1 Å². The van der Waals surface area contributed by atoms with E-state index in [1.165, 1.54) is 18.3 Å². The minimum Gasteiger partial charge on any atom is -0.460 e. The highest BCUT2D eigenvalue weighted by Gasteiger charge is 2.19. The molecule has 0 fully saturated rings. The molecule has 5 nitrogen and oxygen atoms in total. The molecule has 0 aliphatic carbocycles. The van der Waals surface area contributed by atoms with E-state index in [0.29, 0.717) is 33.7 Å². The Morgan fingerprint density at radius 2 is 2.03 bits per heavy atom. The summed E-state index contributed by atoms with van der Waals surface area (Å²) in [6.45, 7) is 2.33. The summed E-state index contributed by atoms with van der Waals surface area (Å²) in [7, 11) is 0. The number of aromatic nitrogens is 1. The summed E-state index contributed by atoms with van der Waals surface area (Å²) >= 11 is 18.1. The van der Waals surface area contributed by atoms with E-state index < -0.39 is 5.97 Å². The van der Waals surface area contributed by atoms with E-state index in [9.17, 15) is 9.18 Å². The molecule has 3 rings (SSSR count). The fourth-order valence-electron chi connectivity index (χ4n) is 3.19. The van der Waals surface area contributed by atoms with Gasteiger partial charge in [0, 0.05) is 12.4 Å². The fourth-order valence-corrected chi connectivity index (χ4v) is 3.88. The molecule has 172 valence electrons. The average molecular weight is 506 g/mol. The van der Waals surface area contributed by atoms with Gasteiger partial charge in [0.15, 0.2) is 5.11 Å². The minimum absolute atomic E-state index is 0.112. The van der Waals surface area contributed by atoms with Gasteiger partial charge in [-0.15, -0.1) is 0 Å². The number of carbonyl (C=O) groups excluding carboxylic acids is 1. The Bertz CT molecular complexity index is 1130. The molecule has 1 unspecified atom stereocenters. The van der Waals surface area contributed by atoms with Crippen molar-refractivity contribution in [2.45, 2.75) is 19.4 Å². The van der Waals surface area contributed by atoms with E-state index >= 15 is 0 Å². The molecule has 0 aliphatic rings. The van der Waals surface area contributed by atoms with Crippen LogP contribution in [0.25, 0.3) is 0 Å². The molecule has 1 atom stereocenters. The summed E-state index contributed by atoms with van der Waals surface area (Å²) in [6, 6.07) is 12.9. The van der Waals surface area contributed by atoms with Crippen molar-refractivity contribution in [3.8, 4) is 0 Å². The largest absolute Gasteiger partial charge is 0.460 e. The molecular formula is C24H22Cl2FN3O2S. The third-order valence-corrected chi connectivity index (χ3v) is 6.01. The number of ether oxygens (including phenoxy) is 1. The van der Waals surface area contributed by atoms with E-state index in [1.807, 2.05) is 13.0 Å². The molecule has 0 saturated carbocycles. The Kier molecular flexibility index (Phi) is 9.00. The van der Waals surface area contributed by atoms with Crippen LogP contribution in [0.3, 0.4) is 0 Å². The molecule has 0 spiro atoms. The number of hydrogen-bond acceptors (Lipinski definition) is 4. The number of hydrogen-bond donors (Lipinski definition) is 2. The van der Waals surface area contributed by atoms with Crippen LogP contribution in [0, 0.1) is 12.7 Å². The molecule has 0 bridgehead atoms. The van der Waals surface area contributed by atoms with Crippen molar-refractivity contribution in [3.63, 3.8) is 0 Å². The fraction of sp³-hybridized carbons (Fsp3) is 0.208. The third-order valence-electron chi connectivity index (χ3n) is 4.92. The topological polar surface area (TPSA) is 63.2 Å². The predicted octanol–water partition coefficient (Wildman–Crippen LogP) is 5.44. The molecule has 33 heavy (non-hydrogen) atoms. The molecule has 2 aromatic carbocycles.